The molecule has 3 aromatic carbocycles. The summed E-state index contributed by atoms with van der Waals surface area (Å²) in [5.74, 6) is 2.92. The second-order valence-corrected chi connectivity index (χ2v) is 17.8. The highest BCUT2D eigenvalue weighted by Crippen LogP contribution is 2.62. The van der Waals surface area contributed by atoms with Gasteiger partial charge in [-0.3, -0.25) is 0 Å². The van der Waals surface area contributed by atoms with Crippen LogP contribution in [0.25, 0.3) is 21.9 Å². The smallest absolute Gasteiger partial charge is 0.0257 e. The van der Waals surface area contributed by atoms with Crippen molar-refractivity contribution in [1.29, 1.82) is 0 Å². The van der Waals surface area contributed by atoms with Crippen LogP contribution in [-0.4, -0.2) is 0 Å². The third kappa shape index (κ3) is 6.16. The maximum absolute atomic E-state index is 4.16. The van der Waals surface area contributed by atoms with E-state index in [9.17, 15) is 0 Å². The molecule has 4 bridgehead atoms. The van der Waals surface area contributed by atoms with Crippen molar-refractivity contribution in [3.05, 3.63) is 68.1 Å². The summed E-state index contributed by atoms with van der Waals surface area (Å²) in [5.41, 5.74) is 8.51. The van der Waals surface area contributed by atoms with Crippen LogP contribution in [0.1, 0.15) is 159 Å². The largest absolute Gasteiger partial charge is 0.0654 e. The van der Waals surface area contributed by atoms with Gasteiger partial charge in [0.15, 0.2) is 0 Å². The van der Waals surface area contributed by atoms with Crippen LogP contribution in [0.2, 0.25) is 0 Å². The number of hydrogen-bond acceptors (Lipinski definition) is 0. The molecule has 0 amide bonds. The van der Waals surface area contributed by atoms with Gasteiger partial charge in [-0.2, -0.15) is 0 Å². The van der Waals surface area contributed by atoms with Crippen LogP contribution in [0.15, 0.2) is 51.4 Å². The predicted molar refractivity (Wildman–Crippen MR) is 201 cm³/mol. The summed E-state index contributed by atoms with van der Waals surface area (Å²) >= 11 is 8.10. The van der Waals surface area contributed by atoms with Gasteiger partial charge >= 0.3 is 0 Å². The molecule has 2 heteroatoms. The minimum absolute atomic E-state index is 0.108. The molecule has 0 unspecified atom stereocenters. The quantitative estimate of drug-likeness (QED) is 0.137. The van der Waals surface area contributed by atoms with Crippen molar-refractivity contribution in [2.45, 2.75) is 153 Å². The number of benzene rings is 3. The molecule has 45 heavy (non-hydrogen) atoms. The Morgan fingerprint density at radius 3 is 1.78 bits per heavy atom. The molecule has 0 heterocycles. The fraction of sp³-hybridized carbons (Fsp3) is 0.628. The Balaban J connectivity index is 1.31. The van der Waals surface area contributed by atoms with Gasteiger partial charge < -0.3 is 0 Å². The lowest BCUT2D eigenvalue weighted by Crippen LogP contribution is -2.48. The Bertz CT molecular complexity index is 1450. The maximum atomic E-state index is 4.16. The third-order valence-corrected chi connectivity index (χ3v) is 14.1. The van der Waals surface area contributed by atoms with E-state index in [1.807, 2.05) is 0 Å². The van der Waals surface area contributed by atoms with Gasteiger partial charge in [0.1, 0.15) is 0 Å². The lowest BCUT2D eigenvalue weighted by Gasteiger charge is -2.57. The number of halogens is 2. The SMILES string of the molecule is CCCCCCCCC1(CCCCCCCC)c2cc(Br)ccc2-c2c1cc(Br)c1ccc(C34CC5CC(CC(C5)C3)C4)cc21. The number of unbranched alkanes of at least 4 members (excludes halogenated alkanes) is 10. The molecule has 0 aliphatic heterocycles. The van der Waals surface area contributed by atoms with Gasteiger partial charge in [0, 0.05) is 14.4 Å². The summed E-state index contributed by atoms with van der Waals surface area (Å²) in [7, 11) is 0. The summed E-state index contributed by atoms with van der Waals surface area (Å²) in [5, 5.41) is 2.93. The first-order valence-corrected chi connectivity index (χ1v) is 20.6. The minimum Gasteiger partial charge on any atom is -0.0654 e. The van der Waals surface area contributed by atoms with Gasteiger partial charge in [-0.05, 0) is 137 Å². The van der Waals surface area contributed by atoms with E-state index in [4.69, 9.17) is 0 Å². The molecule has 4 saturated carbocycles. The van der Waals surface area contributed by atoms with E-state index in [1.165, 1.54) is 154 Å². The van der Waals surface area contributed by atoms with E-state index >= 15 is 0 Å². The standard InChI is InChI=1S/C43H56Br2/c1-3-5-7-9-11-13-19-43(20-14-12-10-8-6-4-2)38-25-34(44)16-18-36(38)41-37-24-33(15-17-35(37)40(45)26-39(41)43)42-27-30-21-31(28-42)23-32(22-30)29-42/h15-18,24-26,30-32H,3-14,19-23,27-29H2,1-2H3. The van der Waals surface area contributed by atoms with Gasteiger partial charge in [0.05, 0.1) is 0 Å². The monoisotopic (exact) mass is 730 g/mol. The van der Waals surface area contributed by atoms with Crippen LogP contribution in [0, 0.1) is 17.8 Å². The summed E-state index contributed by atoms with van der Waals surface area (Å²) in [6.07, 6.45) is 27.7. The van der Waals surface area contributed by atoms with Crippen molar-refractivity contribution in [2.24, 2.45) is 17.8 Å². The van der Waals surface area contributed by atoms with E-state index in [0.29, 0.717) is 5.41 Å². The Kier molecular flexibility index (Phi) is 9.93. The maximum Gasteiger partial charge on any atom is 0.0257 e. The summed E-state index contributed by atoms with van der Waals surface area (Å²) in [4.78, 5) is 0. The fourth-order valence-corrected chi connectivity index (χ4v) is 12.1. The first-order chi connectivity index (χ1) is 22.0. The minimum atomic E-state index is 0.108. The molecule has 5 aliphatic carbocycles. The molecule has 8 rings (SSSR count). The number of fused-ring (bicyclic) bond motifs is 5. The number of hydrogen-bond donors (Lipinski definition) is 0. The lowest BCUT2D eigenvalue weighted by atomic mass is 9.48. The first kappa shape index (κ1) is 32.4. The van der Waals surface area contributed by atoms with Crippen LogP contribution in [0.3, 0.4) is 0 Å². The topological polar surface area (TPSA) is 0 Å². The number of rotatable bonds is 15. The first-order valence-electron chi connectivity index (χ1n) is 19.0. The molecule has 0 saturated heterocycles. The average molecular weight is 733 g/mol. The van der Waals surface area contributed by atoms with Crippen molar-refractivity contribution in [1.82, 2.24) is 0 Å². The van der Waals surface area contributed by atoms with Gasteiger partial charge in [0.25, 0.3) is 0 Å². The molecule has 4 fully saturated rings. The molecule has 0 aromatic heterocycles. The Morgan fingerprint density at radius 1 is 0.600 bits per heavy atom. The van der Waals surface area contributed by atoms with Crippen molar-refractivity contribution in [3.8, 4) is 11.1 Å². The molecule has 0 radical (unpaired) electrons. The fourth-order valence-electron chi connectivity index (χ4n) is 11.2. The van der Waals surface area contributed by atoms with Crippen molar-refractivity contribution in [3.63, 3.8) is 0 Å². The Morgan fingerprint density at radius 2 is 1.18 bits per heavy atom. The third-order valence-electron chi connectivity index (χ3n) is 12.9. The molecular weight excluding hydrogens is 676 g/mol. The highest BCUT2D eigenvalue weighted by Gasteiger charge is 2.52. The van der Waals surface area contributed by atoms with Crippen molar-refractivity contribution in [2.75, 3.05) is 0 Å². The van der Waals surface area contributed by atoms with E-state index in [1.54, 1.807) is 22.3 Å². The zero-order valence-corrected chi connectivity index (χ0v) is 31.3. The second kappa shape index (κ2) is 13.8. The summed E-state index contributed by atoms with van der Waals surface area (Å²) < 4.78 is 2.54. The van der Waals surface area contributed by atoms with E-state index in [-0.39, 0.29) is 5.41 Å². The van der Waals surface area contributed by atoms with Gasteiger partial charge in [-0.25, -0.2) is 0 Å². The molecule has 242 valence electrons. The lowest BCUT2D eigenvalue weighted by molar-refractivity contribution is -0.00512. The van der Waals surface area contributed by atoms with Crippen molar-refractivity contribution >= 4 is 42.6 Å². The van der Waals surface area contributed by atoms with E-state index in [2.05, 4.69) is 88.2 Å². The zero-order chi connectivity index (χ0) is 31.0. The molecule has 5 aliphatic rings. The van der Waals surface area contributed by atoms with Gasteiger partial charge in [-0.15, -0.1) is 0 Å². The van der Waals surface area contributed by atoms with Crippen molar-refractivity contribution < 1.29 is 0 Å². The van der Waals surface area contributed by atoms with E-state index in [0.717, 1.165) is 17.8 Å². The predicted octanol–water partition coefficient (Wildman–Crippen LogP) is 14.6. The normalized spacial score (nSPS) is 25.6. The summed E-state index contributed by atoms with van der Waals surface area (Å²) in [6, 6.07) is 17.6. The van der Waals surface area contributed by atoms with Gasteiger partial charge in [0.2, 0.25) is 0 Å². The molecule has 0 nitrogen and oxygen atoms in total. The highest BCUT2D eigenvalue weighted by atomic mass is 79.9. The Hall–Kier alpha value is -1.12. The molecule has 0 atom stereocenters. The summed E-state index contributed by atoms with van der Waals surface area (Å²) in [6.45, 7) is 4.66. The zero-order valence-electron chi connectivity index (χ0n) is 28.2. The molecule has 0 N–H and O–H groups in total. The Labute approximate surface area is 291 Å². The molecular formula is C43H56Br2. The average Bonchev–Trinajstić information content (AvgIpc) is 3.28. The van der Waals surface area contributed by atoms with Gasteiger partial charge in [-0.1, -0.05) is 141 Å². The van der Waals surface area contributed by atoms with Crippen LogP contribution in [0.4, 0.5) is 0 Å². The van der Waals surface area contributed by atoms with Crippen LogP contribution >= 0.6 is 31.9 Å². The van der Waals surface area contributed by atoms with Crippen LogP contribution < -0.4 is 0 Å². The van der Waals surface area contributed by atoms with Crippen LogP contribution in [0.5, 0.6) is 0 Å². The molecule has 3 aromatic rings. The highest BCUT2D eigenvalue weighted by molar-refractivity contribution is 9.11. The van der Waals surface area contributed by atoms with E-state index < -0.39 is 0 Å². The van der Waals surface area contributed by atoms with Crippen LogP contribution in [-0.2, 0) is 10.8 Å². The molecule has 0 spiro atoms. The second-order valence-electron chi connectivity index (χ2n) is 16.0.